The van der Waals surface area contributed by atoms with Gasteiger partial charge in [0.15, 0.2) is 11.6 Å². The topological polar surface area (TPSA) is 12.5 Å². The number of epoxide rings is 1. The molecule has 3 aliphatic rings. The summed E-state index contributed by atoms with van der Waals surface area (Å²) in [4.78, 5) is 0. The van der Waals surface area contributed by atoms with Crippen LogP contribution in [0.3, 0.4) is 0 Å². The minimum atomic E-state index is -0.771. The van der Waals surface area contributed by atoms with Crippen molar-refractivity contribution in [3.8, 4) is 11.1 Å². The number of ether oxygens (including phenoxy) is 1. The Morgan fingerprint density at radius 1 is 0.833 bits per heavy atom. The van der Waals surface area contributed by atoms with Gasteiger partial charge in [-0.3, -0.25) is 0 Å². The molecule has 2 aromatic carbocycles. The van der Waals surface area contributed by atoms with Crippen LogP contribution in [0.5, 0.6) is 0 Å². The second-order valence-electron chi connectivity index (χ2n) is 9.68. The number of fused-ring (bicyclic) bond motifs is 1. The SMILES string of the molecule is CCCC1CCC2C(CCc3ccc(-c4ccc(C5CO5)c(F)c4F)cc3)CCC12. The molecule has 160 valence electrons. The van der Waals surface area contributed by atoms with Crippen molar-refractivity contribution < 1.29 is 13.5 Å². The van der Waals surface area contributed by atoms with Crippen molar-refractivity contribution in [1.29, 1.82) is 0 Å². The molecular formula is C27H32F2O. The summed E-state index contributed by atoms with van der Waals surface area (Å²) in [5.74, 6) is 2.26. The molecule has 2 aliphatic carbocycles. The highest BCUT2D eigenvalue weighted by Crippen LogP contribution is 2.53. The smallest absolute Gasteiger partial charge is 0.167 e. The van der Waals surface area contributed by atoms with Gasteiger partial charge in [-0.25, -0.2) is 8.78 Å². The average Bonchev–Trinajstić information content (AvgIpc) is 3.40. The molecule has 1 aliphatic heterocycles. The van der Waals surface area contributed by atoms with Crippen molar-refractivity contribution >= 4 is 0 Å². The normalized spacial score (nSPS) is 29.9. The lowest BCUT2D eigenvalue weighted by molar-refractivity contribution is 0.294. The van der Waals surface area contributed by atoms with Crippen LogP contribution in [-0.2, 0) is 11.2 Å². The lowest BCUT2D eigenvalue weighted by Gasteiger charge is -2.20. The summed E-state index contributed by atoms with van der Waals surface area (Å²) < 4.78 is 34.0. The molecule has 5 rings (SSSR count). The fourth-order valence-corrected chi connectivity index (χ4v) is 6.39. The zero-order valence-electron chi connectivity index (χ0n) is 17.9. The number of aryl methyl sites for hydroxylation is 1. The summed E-state index contributed by atoms with van der Waals surface area (Å²) in [6.07, 6.45) is 10.5. The molecule has 30 heavy (non-hydrogen) atoms. The van der Waals surface area contributed by atoms with Gasteiger partial charge < -0.3 is 4.74 Å². The maximum Gasteiger partial charge on any atom is 0.167 e. The first-order valence-electron chi connectivity index (χ1n) is 11.8. The van der Waals surface area contributed by atoms with Gasteiger partial charge in [-0.05, 0) is 73.3 Å². The van der Waals surface area contributed by atoms with E-state index in [1.165, 1.54) is 50.5 Å². The zero-order valence-corrected chi connectivity index (χ0v) is 17.9. The Morgan fingerprint density at radius 3 is 2.13 bits per heavy atom. The third-order valence-electron chi connectivity index (χ3n) is 8.02. The highest BCUT2D eigenvalue weighted by atomic mass is 19.2. The van der Waals surface area contributed by atoms with E-state index in [0.717, 1.165) is 35.7 Å². The number of halogens is 2. The van der Waals surface area contributed by atoms with E-state index in [0.29, 0.717) is 17.7 Å². The second-order valence-corrected chi connectivity index (χ2v) is 9.68. The van der Waals surface area contributed by atoms with Crippen LogP contribution in [0.15, 0.2) is 36.4 Å². The third kappa shape index (κ3) is 3.82. The van der Waals surface area contributed by atoms with Crippen LogP contribution in [0.2, 0.25) is 0 Å². The van der Waals surface area contributed by atoms with Gasteiger partial charge in [0.05, 0.1) is 6.61 Å². The largest absolute Gasteiger partial charge is 0.368 e. The Morgan fingerprint density at radius 2 is 1.50 bits per heavy atom. The van der Waals surface area contributed by atoms with Crippen molar-refractivity contribution in [2.45, 2.75) is 64.4 Å². The molecule has 0 radical (unpaired) electrons. The first kappa shape index (κ1) is 20.2. The van der Waals surface area contributed by atoms with E-state index in [9.17, 15) is 8.78 Å². The maximum atomic E-state index is 14.6. The van der Waals surface area contributed by atoms with Gasteiger partial charge in [0.25, 0.3) is 0 Å². The predicted octanol–water partition coefficient (Wildman–Crippen LogP) is 7.49. The number of hydrogen-bond acceptors (Lipinski definition) is 1. The summed E-state index contributed by atoms with van der Waals surface area (Å²) >= 11 is 0. The minimum absolute atomic E-state index is 0.275. The standard InChI is InChI=1S/C27H32F2O/c1-2-3-18-10-12-22-19(11-13-21(18)22)7-4-17-5-8-20(9-6-17)23-14-15-24(25-16-30-25)27(29)26(23)28/h5-6,8-9,14-15,18-19,21-22,25H,2-4,7,10-13,16H2,1H3. The van der Waals surface area contributed by atoms with Gasteiger partial charge in [0.1, 0.15) is 6.10 Å². The molecule has 3 heteroatoms. The van der Waals surface area contributed by atoms with Crippen molar-refractivity contribution in [3.63, 3.8) is 0 Å². The predicted molar refractivity (Wildman–Crippen MR) is 116 cm³/mol. The Hall–Kier alpha value is -1.74. The van der Waals surface area contributed by atoms with Crippen LogP contribution < -0.4 is 0 Å². The van der Waals surface area contributed by atoms with Crippen molar-refractivity contribution in [3.05, 3.63) is 59.2 Å². The highest BCUT2D eigenvalue weighted by Gasteiger charge is 2.43. The Bertz CT molecular complexity index is 886. The Labute approximate surface area is 178 Å². The fourth-order valence-electron chi connectivity index (χ4n) is 6.39. The van der Waals surface area contributed by atoms with Gasteiger partial charge in [-0.15, -0.1) is 0 Å². The number of rotatable bonds is 7. The summed E-state index contributed by atoms with van der Waals surface area (Å²) in [5, 5.41) is 0. The molecule has 0 aromatic heterocycles. The minimum Gasteiger partial charge on any atom is -0.368 e. The van der Waals surface area contributed by atoms with Gasteiger partial charge >= 0.3 is 0 Å². The van der Waals surface area contributed by atoms with E-state index in [-0.39, 0.29) is 6.10 Å². The third-order valence-corrected chi connectivity index (χ3v) is 8.02. The Balaban J connectivity index is 1.22. The van der Waals surface area contributed by atoms with Gasteiger partial charge in [-0.2, -0.15) is 0 Å². The molecule has 1 saturated heterocycles. The van der Waals surface area contributed by atoms with Crippen molar-refractivity contribution in [1.82, 2.24) is 0 Å². The molecule has 1 nitrogen and oxygen atoms in total. The molecule has 0 bridgehead atoms. The van der Waals surface area contributed by atoms with E-state index in [1.807, 2.05) is 12.1 Å². The highest BCUT2D eigenvalue weighted by molar-refractivity contribution is 5.65. The second kappa shape index (κ2) is 8.42. The molecule has 2 aromatic rings. The van der Waals surface area contributed by atoms with Crippen LogP contribution in [0, 0.1) is 35.3 Å². The van der Waals surface area contributed by atoms with E-state index >= 15 is 0 Å². The molecular weight excluding hydrogens is 378 g/mol. The van der Waals surface area contributed by atoms with Crippen molar-refractivity contribution in [2.75, 3.05) is 6.61 Å². The van der Waals surface area contributed by atoms with Crippen LogP contribution in [0.1, 0.15) is 69.1 Å². The summed E-state index contributed by atoms with van der Waals surface area (Å²) in [7, 11) is 0. The summed E-state index contributed by atoms with van der Waals surface area (Å²) in [6, 6.07) is 11.4. The lowest BCUT2D eigenvalue weighted by Crippen LogP contribution is -2.13. The first-order chi connectivity index (χ1) is 14.7. The molecule has 0 spiro atoms. The van der Waals surface area contributed by atoms with Crippen LogP contribution in [0.25, 0.3) is 11.1 Å². The van der Waals surface area contributed by atoms with Gasteiger partial charge in [-0.1, -0.05) is 56.2 Å². The Kier molecular flexibility index (Phi) is 5.66. The van der Waals surface area contributed by atoms with Crippen LogP contribution in [0.4, 0.5) is 8.78 Å². The van der Waals surface area contributed by atoms with Gasteiger partial charge in [0.2, 0.25) is 0 Å². The number of benzene rings is 2. The first-order valence-corrected chi connectivity index (χ1v) is 11.8. The average molecular weight is 411 g/mol. The quantitative estimate of drug-likeness (QED) is 0.431. The molecule has 0 amide bonds. The van der Waals surface area contributed by atoms with Crippen LogP contribution >= 0.6 is 0 Å². The van der Waals surface area contributed by atoms with E-state index in [4.69, 9.17) is 4.74 Å². The van der Waals surface area contributed by atoms with Gasteiger partial charge in [0, 0.05) is 11.1 Å². The van der Waals surface area contributed by atoms with Crippen LogP contribution in [-0.4, -0.2) is 6.61 Å². The molecule has 5 unspecified atom stereocenters. The summed E-state index contributed by atoms with van der Waals surface area (Å²) in [6.45, 7) is 2.80. The molecule has 5 atom stereocenters. The molecule has 3 fully saturated rings. The van der Waals surface area contributed by atoms with E-state index in [1.54, 1.807) is 12.1 Å². The van der Waals surface area contributed by atoms with E-state index in [2.05, 4.69) is 19.1 Å². The molecule has 2 saturated carbocycles. The van der Waals surface area contributed by atoms with Crippen molar-refractivity contribution in [2.24, 2.45) is 23.7 Å². The lowest BCUT2D eigenvalue weighted by atomic mass is 9.85. The van der Waals surface area contributed by atoms with E-state index < -0.39 is 11.6 Å². The molecule has 1 heterocycles. The number of hydrogen-bond donors (Lipinski definition) is 0. The maximum absolute atomic E-state index is 14.6. The fraction of sp³-hybridized carbons (Fsp3) is 0.556. The molecule has 0 N–H and O–H groups in total. The summed E-state index contributed by atoms with van der Waals surface area (Å²) in [5.41, 5.74) is 2.69. The zero-order chi connectivity index (χ0) is 20.7. The monoisotopic (exact) mass is 410 g/mol.